The third kappa shape index (κ3) is 2.12. The zero-order chi connectivity index (χ0) is 8.97. The van der Waals surface area contributed by atoms with Crippen molar-refractivity contribution in [3.8, 4) is 0 Å². The van der Waals surface area contributed by atoms with Crippen LogP contribution < -0.4 is 0 Å². The molecule has 1 aromatic rings. The van der Waals surface area contributed by atoms with E-state index in [0.29, 0.717) is 0 Å². The molecule has 0 radical (unpaired) electrons. The minimum atomic E-state index is 0.736. The number of aryl methyl sites for hydroxylation is 1. The van der Waals surface area contributed by atoms with Gasteiger partial charge in [-0.15, -0.1) is 0 Å². The van der Waals surface area contributed by atoms with Gasteiger partial charge in [0, 0.05) is 14.2 Å². The smallest absolute Gasteiger partial charge is 0.0408 e. The quantitative estimate of drug-likeness (QED) is 0.340. The molecule has 0 aromatic heterocycles. The highest BCUT2D eigenvalue weighted by Crippen LogP contribution is 2.22. The summed E-state index contributed by atoms with van der Waals surface area (Å²) >= 11 is 2.24. The molecule has 4 heteroatoms. The molecular formula is C8H8IN3. The summed E-state index contributed by atoms with van der Waals surface area (Å²) in [5.74, 6) is 0. The summed E-state index contributed by atoms with van der Waals surface area (Å²) in [6.07, 6.45) is 0.894. The van der Waals surface area contributed by atoms with E-state index in [9.17, 15) is 0 Å². The monoisotopic (exact) mass is 273 g/mol. The number of nitrogens with zero attached hydrogens (tertiary/aromatic N) is 3. The van der Waals surface area contributed by atoms with E-state index in [0.717, 1.165) is 17.7 Å². The second kappa shape index (κ2) is 4.33. The maximum Gasteiger partial charge on any atom is 0.0408 e. The molecule has 0 saturated heterocycles. The predicted octanol–water partition coefficient (Wildman–Crippen LogP) is 3.80. The molecule has 0 heterocycles. The lowest BCUT2D eigenvalue weighted by Gasteiger charge is -2.01. The van der Waals surface area contributed by atoms with E-state index in [1.807, 2.05) is 25.1 Å². The SMILES string of the molecule is CCc1cc(I)ccc1N=[N+]=[N-]. The molecule has 0 saturated carbocycles. The first-order valence-corrected chi connectivity index (χ1v) is 4.69. The first kappa shape index (κ1) is 9.35. The molecule has 0 aliphatic carbocycles. The number of halogens is 1. The van der Waals surface area contributed by atoms with E-state index < -0.39 is 0 Å². The highest BCUT2D eigenvalue weighted by molar-refractivity contribution is 14.1. The highest BCUT2D eigenvalue weighted by Gasteiger charge is 1.97. The molecule has 3 nitrogen and oxygen atoms in total. The van der Waals surface area contributed by atoms with E-state index in [2.05, 4.69) is 32.6 Å². The summed E-state index contributed by atoms with van der Waals surface area (Å²) < 4.78 is 1.17. The highest BCUT2D eigenvalue weighted by atomic mass is 127. The van der Waals surface area contributed by atoms with E-state index in [4.69, 9.17) is 5.53 Å². The Morgan fingerprint density at radius 2 is 2.33 bits per heavy atom. The number of rotatable bonds is 2. The number of hydrogen-bond acceptors (Lipinski definition) is 1. The fourth-order valence-electron chi connectivity index (χ4n) is 0.983. The van der Waals surface area contributed by atoms with Crippen LogP contribution in [0.15, 0.2) is 23.3 Å². The van der Waals surface area contributed by atoms with Gasteiger partial charge in [-0.05, 0) is 52.2 Å². The Bertz CT molecular complexity index is 329. The van der Waals surface area contributed by atoms with Gasteiger partial charge >= 0.3 is 0 Å². The van der Waals surface area contributed by atoms with E-state index in [1.165, 1.54) is 3.57 Å². The van der Waals surface area contributed by atoms with Gasteiger partial charge < -0.3 is 0 Å². The number of azide groups is 1. The van der Waals surface area contributed by atoms with Gasteiger partial charge in [0.25, 0.3) is 0 Å². The molecule has 0 atom stereocenters. The van der Waals surface area contributed by atoms with Crippen molar-refractivity contribution in [2.24, 2.45) is 5.11 Å². The Balaban J connectivity index is 3.19. The van der Waals surface area contributed by atoms with Crippen molar-refractivity contribution in [3.63, 3.8) is 0 Å². The van der Waals surface area contributed by atoms with Gasteiger partial charge in [0.1, 0.15) is 0 Å². The van der Waals surface area contributed by atoms with Crippen LogP contribution in [0.3, 0.4) is 0 Å². The van der Waals surface area contributed by atoms with Crippen molar-refractivity contribution in [2.75, 3.05) is 0 Å². The molecule has 0 aliphatic rings. The van der Waals surface area contributed by atoms with Crippen molar-refractivity contribution >= 4 is 28.3 Å². The summed E-state index contributed by atoms with van der Waals surface area (Å²) in [6, 6.07) is 5.81. The van der Waals surface area contributed by atoms with Crippen LogP contribution in [0.2, 0.25) is 0 Å². The molecule has 0 bridgehead atoms. The van der Waals surface area contributed by atoms with Gasteiger partial charge in [-0.2, -0.15) is 0 Å². The van der Waals surface area contributed by atoms with Crippen LogP contribution in [0.25, 0.3) is 10.4 Å². The van der Waals surface area contributed by atoms with Gasteiger partial charge in [0.2, 0.25) is 0 Å². The molecule has 0 aliphatic heterocycles. The van der Waals surface area contributed by atoms with E-state index in [-0.39, 0.29) is 0 Å². The second-order valence-corrected chi connectivity index (χ2v) is 3.56. The van der Waals surface area contributed by atoms with Crippen molar-refractivity contribution in [3.05, 3.63) is 37.8 Å². The number of benzene rings is 1. The summed E-state index contributed by atoms with van der Waals surface area (Å²) in [5.41, 5.74) is 10.1. The fourth-order valence-corrected chi connectivity index (χ4v) is 1.54. The maximum absolute atomic E-state index is 8.27. The number of hydrogen-bond donors (Lipinski definition) is 0. The summed E-state index contributed by atoms with van der Waals surface area (Å²) in [5, 5.41) is 3.60. The van der Waals surface area contributed by atoms with Gasteiger partial charge in [-0.3, -0.25) is 0 Å². The van der Waals surface area contributed by atoms with Crippen LogP contribution in [0.4, 0.5) is 5.69 Å². The summed E-state index contributed by atoms with van der Waals surface area (Å²) in [4.78, 5) is 2.77. The van der Waals surface area contributed by atoms with Gasteiger partial charge in [-0.25, -0.2) is 0 Å². The van der Waals surface area contributed by atoms with Gasteiger partial charge in [0.05, 0.1) is 0 Å². The molecule has 1 rings (SSSR count). The fraction of sp³-hybridized carbons (Fsp3) is 0.250. The van der Waals surface area contributed by atoms with Crippen LogP contribution in [-0.2, 0) is 6.42 Å². The first-order chi connectivity index (χ1) is 5.77. The minimum Gasteiger partial charge on any atom is -0.0613 e. The predicted molar refractivity (Wildman–Crippen MR) is 57.3 cm³/mol. The standard InChI is InChI=1S/C8H8IN3/c1-2-6-5-7(9)3-4-8(6)11-12-10/h3-5H,2H2,1H3. The minimum absolute atomic E-state index is 0.736. The van der Waals surface area contributed by atoms with Gasteiger partial charge in [-0.1, -0.05) is 18.1 Å². The van der Waals surface area contributed by atoms with Crippen LogP contribution >= 0.6 is 22.6 Å². The third-order valence-corrected chi connectivity index (χ3v) is 2.25. The lowest BCUT2D eigenvalue weighted by molar-refractivity contribution is 1.13. The zero-order valence-corrected chi connectivity index (χ0v) is 8.82. The Morgan fingerprint density at radius 3 is 2.92 bits per heavy atom. The van der Waals surface area contributed by atoms with Crippen molar-refractivity contribution < 1.29 is 0 Å². The van der Waals surface area contributed by atoms with Crippen molar-refractivity contribution in [1.82, 2.24) is 0 Å². The molecule has 0 amide bonds. The van der Waals surface area contributed by atoms with Crippen molar-refractivity contribution in [2.45, 2.75) is 13.3 Å². The second-order valence-electron chi connectivity index (χ2n) is 2.32. The Kier molecular flexibility index (Phi) is 3.37. The van der Waals surface area contributed by atoms with Crippen LogP contribution in [0.5, 0.6) is 0 Å². The molecule has 0 spiro atoms. The molecule has 1 aromatic carbocycles. The first-order valence-electron chi connectivity index (χ1n) is 3.61. The van der Waals surface area contributed by atoms with E-state index >= 15 is 0 Å². The average Bonchev–Trinajstić information content (AvgIpc) is 2.08. The largest absolute Gasteiger partial charge is 0.0613 e. The molecule has 12 heavy (non-hydrogen) atoms. The lowest BCUT2D eigenvalue weighted by Crippen LogP contribution is -1.81. The maximum atomic E-state index is 8.27. The Labute approximate surface area is 84.6 Å². The third-order valence-electron chi connectivity index (χ3n) is 1.57. The summed E-state index contributed by atoms with van der Waals surface area (Å²) in [7, 11) is 0. The molecular weight excluding hydrogens is 265 g/mol. The molecule has 0 unspecified atom stereocenters. The van der Waals surface area contributed by atoms with Crippen LogP contribution in [0, 0.1) is 3.57 Å². The Morgan fingerprint density at radius 1 is 1.58 bits per heavy atom. The summed E-state index contributed by atoms with van der Waals surface area (Å²) in [6.45, 7) is 2.04. The van der Waals surface area contributed by atoms with Gasteiger partial charge in [0.15, 0.2) is 0 Å². The normalized spacial score (nSPS) is 9.17. The van der Waals surface area contributed by atoms with Crippen molar-refractivity contribution in [1.29, 1.82) is 0 Å². The average molecular weight is 273 g/mol. The Hall–Kier alpha value is -0.740. The lowest BCUT2D eigenvalue weighted by atomic mass is 10.1. The zero-order valence-electron chi connectivity index (χ0n) is 6.66. The topological polar surface area (TPSA) is 48.8 Å². The molecule has 62 valence electrons. The molecule has 0 fully saturated rings. The van der Waals surface area contributed by atoms with Crippen LogP contribution in [-0.4, -0.2) is 0 Å². The molecule has 0 N–H and O–H groups in total. The van der Waals surface area contributed by atoms with Crippen LogP contribution in [0.1, 0.15) is 12.5 Å². The van der Waals surface area contributed by atoms with E-state index in [1.54, 1.807) is 0 Å².